The highest BCUT2D eigenvalue weighted by Crippen LogP contribution is 2.23. The molecule has 2 rings (SSSR count). The zero-order valence-electron chi connectivity index (χ0n) is 12.3. The number of non-ortho nitro benzene ring substituents is 1. The highest BCUT2D eigenvalue weighted by molar-refractivity contribution is 7.16. The zero-order valence-corrected chi connectivity index (χ0v) is 14.1. The van der Waals surface area contributed by atoms with E-state index < -0.39 is 13.0 Å². The minimum Gasteiger partial charge on any atom is -0.361 e. The number of ether oxygens (including phenoxy) is 1. The van der Waals surface area contributed by atoms with Gasteiger partial charge in [0, 0.05) is 26.8 Å². The van der Waals surface area contributed by atoms with E-state index in [2.05, 4.69) is 19.6 Å². The van der Waals surface area contributed by atoms with Crippen molar-refractivity contribution in [3.05, 3.63) is 38.0 Å². The first-order valence-electron chi connectivity index (χ1n) is 6.63. The number of benzene rings is 1. The van der Waals surface area contributed by atoms with Crippen LogP contribution in [0.3, 0.4) is 0 Å². The minimum atomic E-state index is -1.15. The number of rotatable bonds is 6. The van der Waals surface area contributed by atoms with Crippen molar-refractivity contribution in [3.63, 3.8) is 0 Å². The number of nitro benzene ring substituents is 1. The smallest absolute Gasteiger partial charge is 0.310 e. The van der Waals surface area contributed by atoms with Gasteiger partial charge in [0.15, 0.2) is 0 Å². The lowest BCUT2D eigenvalue weighted by Crippen LogP contribution is -2.23. The number of hydrogen-bond donors (Lipinski definition) is 0. The summed E-state index contributed by atoms with van der Waals surface area (Å²) in [5.41, 5.74) is 0.680. The maximum atomic E-state index is 12.0. The standard InChI is InChI=1S/C13H18N2O4SSi/c1-21(2,3)7-6-19-9-14-11-5-4-10(15(17)18)8-12(11)20-13(14)16/h4-5,8H,6-7,9H2,1-3H3. The molecule has 21 heavy (non-hydrogen) atoms. The van der Waals surface area contributed by atoms with Crippen LogP contribution in [0.1, 0.15) is 0 Å². The normalized spacial score (nSPS) is 12.0. The molecule has 0 fully saturated rings. The molecule has 0 radical (unpaired) electrons. The lowest BCUT2D eigenvalue weighted by atomic mass is 10.3. The molecule has 6 nitrogen and oxygen atoms in total. The maximum Gasteiger partial charge on any atom is 0.310 e. The van der Waals surface area contributed by atoms with Gasteiger partial charge in [0.1, 0.15) is 6.73 Å². The van der Waals surface area contributed by atoms with E-state index in [0.717, 1.165) is 17.4 Å². The fraction of sp³-hybridized carbons (Fsp3) is 0.462. The van der Waals surface area contributed by atoms with Gasteiger partial charge in [-0.3, -0.25) is 19.5 Å². The molecule has 0 atom stereocenters. The van der Waals surface area contributed by atoms with Gasteiger partial charge in [0.2, 0.25) is 0 Å². The second-order valence-electron chi connectivity index (χ2n) is 6.05. The molecule has 0 spiro atoms. The SMILES string of the molecule is C[Si](C)(C)CCOCn1c(=O)sc2cc([N+](=O)[O-])ccc21. The Balaban J connectivity index is 2.15. The van der Waals surface area contributed by atoms with Crippen molar-refractivity contribution in [2.75, 3.05) is 6.61 Å². The molecule has 0 saturated heterocycles. The van der Waals surface area contributed by atoms with Gasteiger partial charge < -0.3 is 4.74 Å². The van der Waals surface area contributed by atoms with E-state index in [1.165, 1.54) is 16.7 Å². The minimum absolute atomic E-state index is 0.00412. The number of fused-ring (bicyclic) bond motifs is 1. The van der Waals surface area contributed by atoms with Crippen molar-refractivity contribution < 1.29 is 9.66 Å². The summed E-state index contributed by atoms with van der Waals surface area (Å²) < 4.78 is 7.73. The predicted molar refractivity (Wildman–Crippen MR) is 86.8 cm³/mol. The van der Waals surface area contributed by atoms with E-state index in [1.807, 2.05) is 0 Å². The van der Waals surface area contributed by atoms with E-state index in [0.29, 0.717) is 16.8 Å². The Morgan fingerprint density at radius 1 is 1.38 bits per heavy atom. The molecule has 0 aliphatic rings. The van der Waals surface area contributed by atoms with Crippen LogP contribution in [0, 0.1) is 10.1 Å². The molecule has 0 N–H and O–H groups in total. The van der Waals surface area contributed by atoms with Gasteiger partial charge in [-0.05, 0) is 12.1 Å². The van der Waals surface area contributed by atoms with Crippen LogP contribution in [-0.4, -0.2) is 24.2 Å². The zero-order chi connectivity index (χ0) is 15.6. The van der Waals surface area contributed by atoms with E-state index in [1.54, 1.807) is 6.07 Å². The second kappa shape index (κ2) is 6.08. The Morgan fingerprint density at radius 3 is 2.71 bits per heavy atom. The van der Waals surface area contributed by atoms with Crippen LogP contribution in [0.15, 0.2) is 23.0 Å². The summed E-state index contributed by atoms with van der Waals surface area (Å²) in [5, 5.41) is 10.7. The summed E-state index contributed by atoms with van der Waals surface area (Å²) in [6.45, 7) is 7.62. The highest BCUT2D eigenvalue weighted by Gasteiger charge is 2.14. The second-order valence-corrected chi connectivity index (χ2v) is 12.7. The number of nitro groups is 1. The Hall–Kier alpha value is -1.51. The molecule has 1 aromatic carbocycles. The van der Waals surface area contributed by atoms with Crippen LogP contribution >= 0.6 is 11.3 Å². The lowest BCUT2D eigenvalue weighted by Gasteiger charge is -2.15. The van der Waals surface area contributed by atoms with Crippen LogP contribution in [0.4, 0.5) is 5.69 Å². The Labute approximate surface area is 127 Å². The first-order valence-corrected chi connectivity index (χ1v) is 11.2. The third-order valence-electron chi connectivity index (χ3n) is 3.08. The molecule has 8 heteroatoms. The Bertz CT molecular complexity index is 717. The third kappa shape index (κ3) is 3.99. The number of nitrogens with zero attached hydrogens (tertiary/aromatic N) is 2. The summed E-state index contributed by atoms with van der Waals surface area (Å²) in [5.74, 6) is 0. The monoisotopic (exact) mass is 326 g/mol. The third-order valence-corrected chi connectivity index (χ3v) is 5.73. The highest BCUT2D eigenvalue weighted by atomic mass is 32.1. The van der Waals surface area contributed by atoms with Crippen LogP contribution in [0.2, 0.25) is 25.7 Å². The fourth-order valence-corrected chi connectivity index (χ4v) is 3.49. The molecule has 0 amide bonds. The number of hydrogen-bond acceptors (Lipinski definition) is 5. The molecule has 2 aromatic rings. The van der Waals surface area contributed by atoms with Crippen LogP contribution in [0.25, 0.3) is 10.2 Å². The summed E-state index contributed by atoms with van der Waals surface area (Å²) in [7, 11) is -1.15. The molecular formula is C13H18N2O4SSi. The van der Waals surface area contributed by atoms with Crippen molar-refractivity contribution in [2.24, 2.45) is 0 Å². The summed E-state index contributed by atoms with van der Waals surface area (Å²) in [6, 6.07) is 5.48. The van der Waals surface area contributed by atoms with E-state index in [9.17, 15) is 14.9 Å². The van der Waals surface area contributed by atoms with Gasteiger partial charge >= 0.3 is 4.87 Å². The molecule has 0 aliphatic carbocycles. The fourth-order valence-electron chi connectivity index (χ4n) is 1.83. The van der Waals surface area contributed by atoms with Crippen molar-refractivity contribution in [2.45, 2.75) is 32.4 Å². The number of thiazole rings is 1. The van der Waals surface area contributed by atoms with E-state index in [4.69, 9.17) is 4.74 Å². The van der Waals surface area contributed by atoms with Gasteiger partial charge in [-0.2, -0.15) is 0 Å². The summed E-state index contributed by atoms with van der Waals surface area (Å²) in [6.07, 6.45) is 0. The van der Waals surface area contributed by atoms with Crippen molar-refractivity contribution >= 4 is 35.3 Å². The van der Waals surface area contributed by atoms with Gasteiger partial charge in [-0.15, -0.1) is 0 Å². The lowest BCUT2D eigenvalue weighted by molar-refractivity contribution is -0.384. The summed E-state index contributed by atoms with van der Waals surface area (Å²) >= 11 is 1.01. The quantitative estimate of drug-likeness (QED) is 0.353. The Morgan fingerprint density at radius 2 is 2.10 bits per heavy atom. The molecule has 1 heterocycles. The Kier molecular flexibility index (Phi) is 4.60. The van der Waals surface area contributed by atoms with E-state index in [-0.39, 0.29) is 17.3 Å². The van der Waals surface area contributed by atoms with Gasteiger partial charge in [-0.1, -0.05) is 31.0 Å². The molecule has 0 unspecified atom stereocenters. The van der Waals surface area contributed by atoms with Crippen LogP contribution in [0.5, 0.6) is 0 Å². The van der Waals surface area contributed by atoms with Crippen LogP contribution < -0.4 is 4.87 Å². The molecular weight excluding hydrogens is 308 g/mol. The average Bonchev–Trinajstić information content (AvgIpc) is 2.68. The first-order chi connectivity index (χ1) is 9.78. The molecule has 0 saturated carbocycles. The molecule has 0 bridgehead atoms. The van der Waals surface area contributed by atoms with Crippen molar-refractivity contribution in [3.8, 4) is 0 Å². The molecule has 0 aliphatic heterocycles. The maximum absolute atomic E-state index is 12.0. The summed E-state index contributed by atoms with van der Waals surface area (Å²) in [4.78, 5) is 22.1. The predicted octanol–water partition coefficient (Wildman–Crippen LogP) is 3.28. The largest absolute Gasteiger partial charge is 0.361 e. The first kappa shape index (κ1) is 15.9. The van der Waals surface area contributed by atoms with E-state index >= 15 is 0 Å². The van der Waals surface area contributed by atoms with Gasteiger partial charge in [0.05, 0.1) is 15.1 Å². The van der Waals surface area contributed by atoms with Gasteiger partial charge in [0.25, 0.3) is 5.69 Å². The number of aromatic nitrogens is 1. The molecule has 114 valence electrons. The van der Waals surface area contributed by atoms with Crippen molar-refractivity contribution in [1.82, 2.24) is 4.57 Å². The van der Waals surface area contributed by atoms with Crippen molar-refractivity contribution in [1.29, 1.82) is 0 Å². The van der Waals surface area contributed by atoms with Gasteiger partial charge in [-0.25, -0.2) is 0 Å². The average molecular weight is 326 g/mol. The van der Waals surface area contributed by atoms with Crippen LogP contribution in [-0.2, 0) is 11.5 Å². The topological polar surface area (TPSA) is 74.4 Å². The molecule has 1 aromatic heterocycles.